The molecule has 1 aliphatic rings. The molecule has 0 spiro atoms. The molecule has 1 aromatic carbocycles. The predicted octanol–water partition coefficient (Wildman–Crippen LogP) is 2.11. The van der Waals surface area contributed by atoms with Crippen molar-refractivity contribution in [3.8, 4) is 0 Å². The fourth-order valence-corrected chi connectivity index (χ4v) is 3.23. The van der Waals surface area contributed by atoms with Gasteiger partial charge in [-0.1, -0.05) is 12.1 Å². The Morgan fingerprint density at radius 1 is 1.28 bits per heavy atom. The Bertz CT molecular complexity index is 903. The Hall–Kier alpha value is -2.80. The second-order valence-corrected chi connectivity index (χ2v) is 6.40. The van der Waals surface area contributed by atoms with Gasteiger partial charge in [0.25, 0.3) is 5.91 Å². The number of nitrogens with zero attached hydrogens (tertiary/aromatic N) is 3. The molecule has 2 N–H and O–H groups in total. The Labute approximate surface area is 143 Å². The van der Waals surface area contributed by atoms with E-state index in [2.05, 4.69) is 15.5 Å². The fourth-order valence-electron chi connectivity index (χ4n) is 3.23. The number of pyridine rings is 1. The van der Waals surface area contributed by atoms with E-state index < -0.39 is 0 Å². The van der Waals surface area contributed by atoms with E-state index in [9.17, 15) is 14.3 Å². The normalized spacial score (nSPS) is 20.9. The molecule has 2 heterocycles. The van der Waals surface area contributed by atoms with Gasteiger partial charge in [-0.25, -0.2) is 4.39 Å². The minimum atomic E-state index is -0.336. The first kappa shape index (κ1) is 15.7. The standard InChI is InChI=1S/C18H17FN4O2/c19-14-3-1-11(2-4-14)17(13-7-15(24)8-13)21-18(25)12-5-6-23-10-20-22-16(23)9-12/h1-6,9-10,13,15,17,24H,7-8H2,(H,21,25)/t13?,15?,17-/m0/s1. The van der Waals surface area contributed by atoms with Gasteiger partial charge in [0.05, 0.1) is 12.1 Å². The van der Waals surface area contributed by atoms with Crippen molar-refractivity contribution < 1.29 is 14.3 Å². The average Bonchev–Trinajstić information content (AvgIpc) is 3.05. The van der Waals surface area contributed by atoms with E-state index in [0.29, 0.717) is 24.1 Å². The van der Waals surface area contributed by atoms with Crippen LogP contribution in [0.4, 0.5) is 4.39 Å². The van der Waals surface area contributed by atoms with Gasteiger partial charge in [0.1, 0.15) is 12.1 Å². The number of rotatable bonds is 4. The third-order valence-corrected chi connectivity index (χ3v) is 4.70. The zero-order valence-corrected chi connectivity index (χ0v) is 13.3. The van der Waals surface area contributed by atoms with E-state index in [0.717, 1.165) is 5.56 Å². The van der Waals surface area contributed by atoms with Gasteiger partial charge in [-0.2, -0.15) is 0 Å². The number of hydrogen-bond donors (Lipinski definition) is 2. The van der Waals surface area contributed by atoms with Crippen LogP contribution >= 0.6 is 0 Å². The molecule has 0 unspecified atom stereocenters. The number of halogens is 1. The maximum atomic E-state index is 13.2. The SMILES string of the molecule is O=C(N[C@@H](c1ccc(F)cc1)C1CC(O)C1)c1ccn2cnnc2c1. The highest BCUT2D eigenvalue weighted by molar-refractivity contribution is 5.95. The summed E-state index contributed by atoms with van der Waals surface area (Å²) in [5.74, 6) is -0.429. The average molecular weight is 340 g/mol. The maximum absolute atomic E-state index is 13.2. The molecule has 25 heavy (non-hydrogen) atoms. The summed E-state index contributed by atoms with van der Waals surface area (Å²) in [7, 11) is 0. The van der Waals surface area contributed by atoms with E-state index in [-0.39, 0.29) is 29.8 Å². The first-order valence-corrected chi connectivity index (χ1v) is 8.14. The molecule has 3 aromatic rings. The molecule has 128 valence electrons. The van der Waals surface area contributed by atoms with E-state index in [1.807, 2.05) is 0 Å². The minimum Gasteiger partial charge on any atom is -0.393 e. The summed E-state index contributed by atoms with van der Waals surface area (Å²) in [6.45, 7) is 0. The molecule has 6 nitrogen and oxygen atoms in total. The number of aliphatic hydroxyl groups excluding tert-OH is 1. The highest BCUT2D eigenvalue weighted by Gasteiger charge is 2.35. The number of fused-ring (bicyclic) bond motifs is 1. The molecule has 0 aliphatic heterocycles. The van der Waals surface area contributed by atoms with Gasteiger partial charge in [-0.05, 0) is 48.6 Å². The third-order valence-electron chi connectivity index (χ3n) is 4.70. The van der Waals surface area contributed by atoms with Gasteiger partial charge >= 0.3 is 0 Å². The number of aromatic nitrogens is 3. The summed E-state index contributed by atoms with van der Waals surface area (Å²) < 4.78 is 14.9. The molecule has 7 heteroatoms. The van der Waals surface area contributed by atoms with Crippen LogP contribution < -0.4 is 5.32 Å². The van der Waals surface area contributed by atoms with Crippen molar-refractivity contribution in [1.82, 2.24) is 19.9 Å². The van der Waals surface area contributed by atoms with Crippen molar-refractivity contribution in [3.05, 3.63) is 65.9 Å². The molecule has 1 aliphatic carbocycles. The largest absolute Gasteiger partial charge is 0.393 e. The minimum absolute atomic E-state index is 0.126. The number of nitrogens with one attached hydrogen (secondary N) is 1. The third kappa shape index (κ3) is 3.10. The van der Waals surface area contributed by atoms with Gasteiger partial charge in [0.2, 0.25) is 0 Å². The molecular formula is C18H17FN4O2. The number of carbonyl (C=O) groups is 1. The summed E-state index contributed by atoms with van der Waals surface area (Å²) in [5.41, 5.74) is 1.90. The van der Waals surface area contributed by atoms with Crippen LogP contribution in [-0.4, -0.2) is 31.7 Å². The number of benzene rings is 1. The van der Waals surface area contributed by atoms with Gasteiger partial charge in [0.15, 0.2) is 5.65 Å². The van der Waals surface area contributed by atoms with Crippen LogP contribution in [0.25, 0.3) is 5.65 Å². The summed E-state index contributed by atoms with van der Waals surface area (Å²) in [6, 6.07) is 9.20. The van der Waals surface area contributed by atoms with Crippen molar-refractivity contribution in [3.63, 3.8) is 0 Å². The number of carbonyl (C=O) groups excluding carboxylic acids is 1. The topological polar surface area (TPSA) is 79.5 Å². The summed E-state index contributed by atoms with van der Waals surface area (Å²) in [4.78, 5) is 12.7. The molecule has 0 saturated heterocycles. The van der Waals surface area contributed by atoms with Crippen molar-refractivity contribution in [1.29, 1.82) is 0 Å². The lowest BCUT2D eigenvalue weighted by atomic mass is 9.75. The van der Waals surface area contributed by atoms with Gasteiger partial charge in [0, 0.05) is 11.8 Å². The Morgan fingerprint density at radius 2 is 2.04 bits per heavy atom. The van der Waals surface area contributed by atoms with Gasteiger partial charge < -0.3 is 10.4 Å². The molecule has 1 atom stereocenters. The summed E-state index contributed by atoms with van der Waals surface area (Å²) in [5, 5.41) is 20.4. The highest BCUT2D eigenvalue weighted by Crippen LogP contribution is 2.38. The lowest BCUT2D eigenvalue weighted by Gasteiger charge is -2.38. The van der Waals surface area contributed by atoms with E-state index in [1.165, 1.54) is 12.1 Å². The summed E-state index contributed by atoms with van der Waals surface area (Å²) in [6.07, 6.45) is 4.19. The maximum Gasteiger partial charge on any atom is 0.251 e. The molecule has 1 fully saturated rings. The van der Waals surface area contributed by atoms with Crippen LogP contribution in [0.1, 0.15) is 34.8 Å². The number of aliphatic hydroxyl groups is 1. The first-order valence-electron chi connectivity index (χ1n) is 8.14. The zero-order valence-electron chi connectivity index (χ0n) is 13.3. The van der Waals surface area contributed by atoms with Crippen LogP contribution in [-0.2, 0) is 0 Å². The number of hydrogen-bond acceptors (Lipinski definition) is 4. The molecule has 0 radical (unpaired) electrons. The fraction of sp³-hybridized carbons (Fsp3) is 0.278. The Kier molecular flexibility index (Phi) is 3.93. The van der Waals surface area contributed by atoms with Crippen LogP contribution in [0.15, 0.2) is 48.9 Å². The quantitative estimate of drug-likeness (QED) is 0.762. The van der Waals surface area contributed by atoms with E-state index in [1.54, 1.807) is 41.2 Å². The van der Waals surface area contributed by atoms with Crippen LogP contribution in [0.2, 0.25) is 0 Å². The molecule has 2 aromatic heterocycles. The lowest BCUT2D eigenvalue weighted by Crippen LogP contribution is -2.41. The van der Waals surface area contributed by atoms with Crippen molar-refractivity contribution in [2.45, 2.75) is 25.0 Å². The van der Waals surface area contributed by atoms with Gasteiger partial charge in [-0.3, -0.25) is 9.20 Å². The monoisotopic (exact) mass is 340 g/mol. The molecule has 0 bridgehead atoms. The lowest BCUT2D eigenvalue weighted by molar-refractivity contribution is 0.0235. The molecule has 1 saturated carbocycles. The molecular weight excluding hydrogens is 323 g/mol. The second kappa shape index (κ2) is 6.25. The van der Waals surface area contributed by atoms with Crippen LogP contribution in [0.5, 0.6) is 0 Å². The van der Waals surface area contributed by atoms with Crippen LogP contribution in [0, 0.1) is 11.7 Å². The van der Waals surface area contributed by atoms with Gasteiger partial charge in [-0.15, -0.1) is 10.2 Å². The zero-order chi connectivity index (χ0) is 17.4. The summed E-state index contributed by atoms with van der Waals surface area (Å²) >= 11 is 0. The first-order chi connectivity index (χ1) is 12.1. The Balaban J connectivity index is 1.58. The second-order valence-electron chi connectivity index (χ2n) is 6.40. The van der Waals surface area contributed by atoms with Crippen molar-refractivity contribution >= 4 is 11.6 Å². The molecule has 4 rings (SSSR count). The van der Waals surface area contributed by atoms with Crippen LogP contribution in [0.3, 0.4) is 0 Å². The van der Waals surface area contributed by atoms with E-state index in [4.69, 9.17) is 0 Å². The van der Waals surface area contributed by atoms with E-state index >= 15 is 0 Å². The van der Waals surface area contributed by atoms with Crippen molar-refractivity contribution in [2.75, 3.05) is 0 Å². The number of amides is 1. The van der Waals surface area contributed by atoms with Crippen molar-refractivity contribution in [2.24, 2.45) is 5.92 Å². The Morgan fingerprint density at radius 3 is 2.76 bits per heavy atom. The molecule has 1 amide bonds. The highest BCUT2D eigenvalue weighted by atomic mass is 19.1. The smallest absolute Gasteiger partial charge is 0.251 e. The predicted molar refractivity (Wildman–Crippen MR) is 88.3 cm³/mol.